The van der Waals surface area contributed by atoms with Gasteiger partial charge < -0.3 is 15.4 Å². The van der Waals surface area contributed by atoms with Gasteiger partial charge in [0.2, 0.25) is 0 Å². The maximum atomic E-state index is 5.53. The third-order valence-electron chi connectivity index (χ3n) is 3.03. The van der Waals surface area contributed by atoms with E-state index < -0.39 is 0 Å². The minimum Gasteiger partial charge on any atom is -0.378 e. The maximum Gasteiger partial charge on any atom is 0.147 e. The molecule has 100 valence electrons. The average Bonchev–Trinajstić information content (AvgIpc) is 2.37. The predicted octanol–water partition coefficient (Wildman–Crippen LogP) is 2.28. The van der Waals surface area contributed by atoms with Gasteiger partial charge in [0.05, 0.1) is 18.5 Å². The second kappa shape index (κ2) is 6.54. The van der Waals surface area contributed by atoms with Crippen LogP contribution in [0, 0.1) is 0 Å². The highest BCUT2D eigenvalue weighted by Crippen LogP contribution is 2.17. The molecule has 2 atom stereocenters. The minimum absolute atomic E-state index is 0.325. The quantitative estimate of drug-likeness (QED) is 0.839. The molecule has 1 aliphatic heterocycles. The Morgan fingerprint density at radius 3 is 3.00 bits per heavy atom. The van der Waals surface area contributed by atoms with Crippen LogP contribution in [0.4, 0.5) is 11.6 Å². The van der Waals surface area contributed by atoms with Crippen molar-refractivity contribution in [3.05, 3.63) is 12.4 Å². The lowest BCUT2D eigenvalue weighted by molar-refractivity contribution is 0.0232. The van der Waals surface area contributed by atoms with Gasteiger partial charge in [0.1, 0.15) is 11.6 Å². The van der Waals surface area contributed by atoms with Gasteiger partial charge in [-0.15, -0.1) is 0 Å². The summed E-state index contributed by atoms with van der Waals surface area (Å²) in [5.41, 5.74) is 0. The number of hydrogen-bond acceptors (Lipinski definition) is 5. The van der Waals surface area contributed by atoms with Gasteiger partial charge in [-0.25, -0.2) is 4.98 Å². The summed E-state index contributed by atoms with van der Waals surface area (Å²) in [6, 6.07) is 0.435. The first-order valence-corrected chi connectivity index (χ1v) is 6.72. The Morgan fingerprint density at radius 1 is 1.39 bits per heavy atom. The predicted molar refractivity (Wildman–Crippen MR) is 72.9 cm³/mol. The zero-order chi connectivity index (χ0) is 12.8. The van der Waals surface area contributed by atoms with Gasteiger partial charge in [-0.05, 0) is 26.2 Å². The van der Waals surface area contributed by atoms with E-state index in [1.807, 2.05) is 0 Å². The number of rotatable bonds is 5. The summed E-state index contributed by atoms with van der Waals surface area (Å²) >= 11 is 0. The summed E-state index contributed by atoms with van der Waals surface area (Å²) in [5, 5.41) is 6.68. The van der Waals surface area contributed by atoms with E-state index in [4.69, 9.17) is 4.74 Å². The fourth-order valence-electron chi connectivity index (χ4n) is 2.11. The van der Waals surface area contributed by atoms with E-state index in [2.05, 4.69) is 34.4 Å². The highest BCUT2D eigenvalue weighted by Gasteiger charge is 2.19. The van der Waals surface area contributed by atoms with E-state index in [0.29, 0.717) is 12.1 Å². The molecule has 5 heteroatoms. The number of anilines is 2. The van der Waals surface area contributed by atoms with E-state index in [-0.39, 0.29) is 0 Å². The molecule has 0 saturated carbocycles. The zero-order valence-electron chi connectivity index (χ0n) is 11.1. The van der Waals surface area contributed by atoms with E-state index in [9.17, 15) is 0 Å². The first kappa shape index (κ1) is 13.1. The van der Waals surface area contributed by atoms with Crippen molar-refractivity contribution >= 4 is 11.6 Å². The molecule has 0 spiro atoms. The lowest BCUT2D eigenvalue weighted by atomic mass is 10.0. The second-order valence-corrected chi connectivity index (χ2v) is 4.76. The maximum absolute atomic E-state index is 5.53. The van der Waals surface area contributed by atoms with Gasteiger partial charge >= 0.3 is 0 Å². The van der Waals surface area contributed by atoms with Crippen molar-refractivity contribution in [3.8, 4) is 0 Å². The molecule has 0 amide bonds. The van der Waals surface area contributed by atoms with Crippen LogP contribution in [0.15, 0.2) is 12.4 Å². The van der Waals surface area contributed by atoms with E-state index >= 15 is 0 Å². The van der Waals surface area contributed by atoms with Crippen LogP contribution in [0.25, 0.3) is 0 Å². The third kappa shape index (κ3) is 3.84. The first-order valence-electron chi connectivity index (χ1n) is 6.72. The Hall–Kier alpha value is -1.36. The number of nitrogens with one attached hydrogen (secondary N) is 2. The van der Waals surface area contributed by atoms with Crippen LogP contribution in [0.5, 0.6) is 0 Å². The largest absolute Gasteiger partial charge is 0.378 e. The molecule has 0 aromatic carbocycles. The molecular weight excluding hydrogens is 228 g/mol. The Kier molecular flexibility index (Phi) is 4.75. The molecule has 1 fully saturated rings. The van der Waals surface area contributed by atoms with Crippen molar-refractivity contribution in [2.24, 2.45) is 0 Å². The molecule has 2 N–H and O–H groups in total. The summed E-state index contributed by atoms with van der Waals surface area (Å²) in [5.74, 6) is 1.68. The van der Waals surface area contributed by atoms with Gasteiger partial charge in [0.25, 0.3) is 0 Å². The van der Waals surface area contributed by atoms with E-state index in [1.54, 1.807) is 12.4 Å². The van der Waals surface area contributed by atoms with Crippen molar-refractivity contribution < 1.29 is 4.74 Å². The van der Waals surface area contributed by atoms with E-state index in [1.165, 1.54) is 0 Å². The van der Waals surface area contributed by atoms with Crippen LogP contribution in [-0.4, -0.2) is 35.3 Å². The van der Waals surface area contributed by atoms with Crippen molar-refractivity contribution in [2.75, 3.05) is 23.8 Å². The molecule has 0 radical (unpaired) electrons. The molecule has 1 aliphatic rings. The molecule has 0 aliphatic carbocycles. The summed E-state index contributed by atoms with van der Waals surface area (Å²) in [4.78, 5) is 8.71. The fraction of sp³-hybridized carbons (Fsp3) is 0.692. The Bertz CT molecular complexity index is 372. The summed E-state index contributed by atoms with van der Waals surface area (Å²) in [6.45, 7) is 5.98. The highest BCUT2D eigenvalue weighted by molar-refractivity contribution is 5.42. The second-order valence-electron chi connectivity index (χ2n) is 4.76. The Balaban J connectivity index is 1.91. The van der Waals surface area contributed by atoms with Gasteiger partial charge in [-0.3, -0.25) is 4.98 Å². The summed E-state index contributed by atoms with van der Waals surface area (Å²) < 4.78 is 5.53. The molecular formula is C13H22N4O. The monoisotopic (exact) mass is 250 g/mol. The molecule has 2 heterocycles. The molecule has 1 aromatic rings. The molecule has 18 heavy (non-hydrogen) atoms. The normalized spacial score (nSPS) is 23.7. The first-order chi connectivity index (χ1) is 8.78. The van der Waals surface area contributed by atoms with Crippen molar-refractivity contribution in [1.29, 1.82) is 0 Å². The molecule has 2 rings (SSSR count). The van der Waals surface area contributed by atoms with E-state index in [0.717, 1.165) is 44.0 Å². The highest BCUT2D eigenvalue weighted by atomic mass is 16.5. The molecule has 0 bridgehead atoms. The van der Waals surface area contributed by atoms with Crippen molar-refractivity contribution in [2.45, 2.75) is 45.3 Å². The fourth-order valence-corrected chi connectivity index (χ4v) is 2.11. The van der Waals surface area contributed by atoms with Gasteiger partial charge in [0, 0.05) is 19.2 Å². The molecule has 1 aromatic heterocycles. The van der Waals surface area contributed by atoms with Crippen LogP contribution in [0.2, 0.25) is 0 Å². The number of aromatic nitrogens is 2. The lowest BCUT2D eigenvalue weighted by Crippen LogP contribution is -2.32. The van der Waals surface area contributed by atoms with Crippen LogP contribution in [0.3, 0.4) is 0 Å². The standard InChI is InChI=1S/C13H22N4O/c1-3-5-15-12-8-14-9-13(17-12)16-11-4-6-18-10(2)7-11/h8-11H,3-7H2,1-2H3,(H2,15,16,17). The third-order valence-corrected chi connectivity index (χ3v) is 3.03. The van der Waals surface area contributed by atoms with Crippen LogP contribution < -0.4 is 10.6 Å². The topological polar surface area (TPSA) is 59.1 Å². The lowest BCUT2D eigenvalue weighted by Gasteiger charge is -2.28. The number of ether oxygens (including phenoxy) is 1. The van der Waals surface area contributed by atoms with Crippen LogP contribution in [0.1, 0.15) is 33.1 Å². The summed E-state index contributed by atoms with van der Waals surface area (Å²) in [7, 11) is 0. The minimum atomic E-state index is 0.325. The van der Waals surface area contributed by atoms with Gasteiger partial charge in [-0.1, -0.05) is 6.92 Å². The SMILES string of the molecule is CCCNc1cncc(NC2CCOC(C)C2)n1. The van der Waals surface area contributed by atoms with Crippen LogP contribution >= 0.6 is 0 Å². The van der Waals surface area contributed by atoms with Gasteiger partial charge in [-0.2, -0.15) is 0 Å². The number of nitrogens with zero attached hydrogens (tertiary/aromatic N) is 2. The molecule has 1 saturated heterocycles. The van der Waals surface area contributed by atoms with Crippen LogP contribution in [-0.2, 0) is 4.74 Å². The molecule has 2 unspecified atom stereocenters. The van der Waals surface area contributed by atoms with Gasteiger partial charge in [0.15, 0.2) is 0 Å². The van der Waals surface area contributed by atoms with Crippen molar-refractivity contribution in [1.82, 2.24) is 9.97 Å². The smallest absolute Gasteiger partial charge is 0.147 e. The average molecular weight is 250 g/mol. The van der Waals surface area contributed by atoms with Crippen molar-refractivity contribution in [3.63, 3.8) is 0 Å². The Labute approximate surface area is 108 Å². The molecule has 5 nitrogen and oxygen atoms in total. The zero-order valence-corrected chi connectivity index (χ0v) is 11.1. The Morgan fingerprint density at radius 2 is 2.22 bits per heavy atom. The summed E-state index contributed by atoms with van der Waals surface area (Å²) in [6.07, 6.45) is 6.99. The number of hydrogen-bond donors (Lipinski definition) is 2.